The molecule has 240 valence electrons. The van der Waals surface area contributed by atoms with Gasteiger partial charge in [-0.1, -0.05) is 123 Å². The Hall–Kier alpha value is -5.03. The zero-order valence-electron chi connectivity index (χ0n) is 28.0. The summed E-state index contributed by atoms with van der Waals surface area (Å²) in [5, 5.41) is 6.34. The second-order valence-corrected chi connectivity index (χ2v) is 16.6. The Morgan fingerprint density at radius 2 is 1.56 bits per heavy atom. The Bertz CT molecular complexity index is 2730. The fraction of sp³-hybridized carbons (Fsp3) is 0.130. The van der Waals surface area contributed by atoms with E-state index in [1.165, 1.54) is 91.2 Å². The molecule has 7 aromatic rings. The zero-order chi connectivity index (χ0) is 33.1. The Kier molecular flexibility index (Phi) is 6.04. The highest BCUT2D eigenvalue weighted by molar-refractivity contribution is 8.03. The summed E-state index contributed by atoms with van der Waals surface area (Å²) in [5.41, 5.74) is 13.2. The highest BCUT2D eigenvalue weighted by atomic mass is 32.2. The number of fused-ring (bicyclic) bond motifs is 9. The van der Waals surface area contributed by atoms with Gasteiger partial charge >= 0.3 is 0 Å². The number of aromatic nitrogens is 1. The van der Waals surface area contributed by atoms with E-state index in [-0.39, 0.29) is 5.41 Å². The van der Waals surface area contributed by atoms with Crippen LogP contribution in [-0.4, -0.2) is 4.68 Å². The van der Waals surface area contributed by atoms with Gasteiger partial charge in [0.2, 0.25) is 0 Å². The summed E-state index contributed by atoms with van der Waals surface area (Å²) in [6.07, 6.45) is 14.0. The maximum atomic E-state index is 2.45. The van der Waals surface area contributed by atoms with Crippen molar-refractivity contribution in [3.05, 3.63) is 166 Å². The Morgan fingerprint density at radius 1 is 0.760 bits per heavy atom. The van der Waals surface area contributed by atoms with Gasteiger partial charge in [-0.2, -0.15) is 0 Å². The monoisotopic (exact) mass is 678 g/mol. The van der Waals surface area contributed by atoms with Gasteiger partial charge in [0.15, 0.2) is 0 Å². The molecule has 0 spiro atoms. The van der Waals surface area contributed by atoms with Crippen LogP contribution in [0, 0.1) is 5.92 Å². The van der Waals surface area contributed by atoms with E-state index in [0.717, 1.165) is 12.8 Å². The molecule has 2 atom stereocenters. The Balaban J connectivity index is 0.974. The number of rotatable bonds is 4. The average molecular weight is 679 g/mol. The van der Waals surface area contributed by atoms with Crippen molar-refractivity contribution in [3.63, 3.8) is 0 Å². The van der Waals surface area contributed by atoms with Crippen LogP contribution in [0.5, 0.6) is 0 Å². The van der Waals surface area contributed by atoms with E-state index in [0.29, 0.717) is 5.92 Å². The summed E-state index contributed by atoms with van der Waals surface area (Å²) in [5.74, 6) is 0.590. The van der Waals surface area contributed by atoms with E-state index in [1.54, 1.807) is 0 Å². The SMILES string of the molecule is CC1C=Cc2sc3c(-c4cccc(-c5ccc6c7ccccc7n(N7C=C7C7=CCC8(C)C(=C7)Sc7ccccc78)c6c5)c4)cccc3c2C1. The number of benzene rings is 5. The Morgan fingerprint density at radius 3 is 2.52 bits per heavy atom. The van der Waals surface area contributed by atoms with Crippen LogP contribution in [0.2, 0.25) is 0 Å². The summed E-state index contributed by atoms with van der Waals surface area (Å²) in [7, 11) is 0. The molecule has 2 nitrogen and oxygen atoms in total. The predicted molar refractivity (Wildman–Crippen MR) is 214 cm³/mol. The molecule has 2 aliphatic carbocycles. The van der Waals surface area contributed by atoms with E-state index in [1.807, 2.05) is 23.1 Å². The molecule has 0 radical (unpaired) electrons. The van der Waals surface area contributed by atoms with E-state index in [4.69, 9.17) is 0 Å². The molecular formula is C46H34N2S2. The second-order valence-electron chi connectivity index (χ2n) is 14.5. The van der Waals surface area contributed by atoms with E-state index in [2.05, 4.69) is 163 Å². The van der Waals surface area contributed by atoms with Crippen LogP contribution >= 0.6 is 23.1 Å². The number of allylic oxidation sites excluding steroid dienone is 4. The van der Waals surface area contributed by atoms with Gasteiger partial charge in [0.05, 0.1) is 22.9 Å². The first-order valence-corrected chi connectivity index (χ1v) is 19.2. The molecule has 0 N–H and O–H groups in total. The number of hydrogen-bond donors (Lipinski definition) is 0. The van der Waals surface area contributed by atoms with Crippen LogP contribution in [-0.2, 0) is 11.8 Å². The maximum Gasteiger partial charge on any atom is 0.0883 e. The number of para-hydroxylation sites is 1. The van der Waals surface area contributed by atoms with Crippen LogP contribution < -0.4 is 5.01 Å². The third-order valence-electron chi connectivity index (χ3n) is 11.3. The quantitative estimate of drug-likeness (QED) is 0.183. The van der Waals surface area contributed by atoms with Crippen molar-refractivity contribution in [3.8, 4) is 22.3 Å². The fourth-order valence-electron chi connectivity index (χ4n) is 8.56. The first-order chi connectivity index (χ1) is 24.5. The second kappa shape index (κ2) is 10.5. The highest BCUT2D eigenvalue weighted by Gasteiger charge is 2.42. The van der Waals surface area contributed by atoms with Gasteiger partial charge in [-0.3, -0.25) is 5.01 Å². The summed E-state index contributed by atoms with van der Waals surface area (Å²) < 4.78 is 3.82. The number of thiophene rings is 1. The van der Waals surface area contributed by atoms with Gasteiger partial charge in [0.25, 0.3) is 0 Å². The van der Waals surface area contributed by atoms with Crippen LogP contribution in [0.3, 0.4) is 0 Å². The third-order valence-corrected chi connectivity index (χ3v) is 13.9. The minimum Gasteiger partial charge on any atom is -0.252 e. The predicted octanol–water partition coefficient (Wildman–Crippen LogP) is 12.6. The topological polar surface area (TPSA) is 7.94 Å². The molecule has 0 saturated heterocycles. The number of nitrogens with zero attached hydrogens (tertiary/aromatic N) is 2. The molecule has 2 aromatic heterocycles. The van der Waals surface area contributed by atoms with E-state index >= 15 is 0 Å². The van der Waals surface area contributed by atoms with Crippen molar-refractivity contribution in [1.29, 1.82) is 0 Å². The van der Waals surface area contributed by atoms with Crippen molar-refractivity contribution in [1.82, 2.24) is 4.68 Å². The summed E-state index contributed by atoms with van der Waals surface area (Å²) in [6.45, 7) is 4.72. The lowest BCUT2D eigenvalue weighted by molar-refractivity contribution is 0.586. The minimum atomic E-state index is 0.0747. The number of hydrogen-bond acceptors (Lipinski definition) is 3. The molecule has 0 bridgehead atoms. The van der Waals surface area contributed by atoms with Gasteiger partial charge in [-0.25, -0.2) is 4.68 Å². The molecule has 0 fully saturated rings. The molecule has 50 heavy (non-hydrogen) atoms. The summed E-state index contributed by atoms with van der Waals surface area (Å²) in [4.78, 5) is 4.27. The lowest BCUT2D eigenvalue weighted by Crippen LogP contribution is -2.22. The van der Waals surface area contributed by atoms with Crippen LogP contribution in [0.1, 0.15) is 36.3 Å². The van der Waals surface area contributed by atoms with Crippen molar-refractivity contribution in [2.24, 2.45) is 5.92 Å². The molecule has 5 aromatic carbocycles. The molecule has 4 aliphatic rings. The minimum absolute atomic E-state index is 0.0747. The molecule has 0 saturated carbocycles. The van der Waals surface area contributed by atoms with Crippen molar-refractivity contribution in [2.75, 3.05) is 5.01 Å². The third kappa shape index (κ3) is 4.15. The van der Waals surface area contributed by atoms with Gasteiger partial charge < -0.3 is 0 Å². The molecule has 4 heteroatoms. The lowest BCUT2D eigenvalue weighted by atomic mass is 9.76. The normalized spacial score (nSPS) is 20.5. The van der Waals surface area contributed by atoms with Gasteiger partial charge in [0, 0.05) is 35.6 Å². The number of thioether (sulfide) groups is 1. The van der Waals surface area contributed by atoms with Crippen LogP contribution in [0.25, 0.3) is 60.2 Å². The van der Waals surface area contributed by atoms with Gasteiger partial charge in [0.1, 0.15) is 0 Å². The van der Waals surface area contributed by atoms with E-state index < -0.39 is 0 Å². The molecule has 4 heterocycles. The van der Waals surface area contributed by atoms with Crippen molar-refractivity contribution in [2.45, 2.75) is 37.0 Å². The fourth-order valence-corrected chi connectivity index (χ4v) is 11.2. The Labute approximate surface area is 300 Å². The van der Waals surface area contributed by atoms with Crippen molar-refractivity contribution >= 4 is 61.1 Å². The molecule has 11 rings (SSSR count). The maximum absolute atomic E-state index is 2.45. The lowest BCUT2D eigenvalue weighted by Gasteiger charge is -2.29. The first kappa shape index (κ1) is 28.8. The average Bonchev–Trinajstić information content (AvgIpc) is 3.61. The van der Waals surface area contributed by atoms with E-state index in [9.17, 15) is 0 Å². The standard InChI is InChI=1S/C46H34N2S2/c1-28-17-20-42-37(23-28)36-13-8-12-33(45(36)50-42)31-10-7-9-29(24-31)30-18-19-35-34-11-3-5-15-39(34)48(40(35)25-30)47-27-41(47)32-21-22-46(2)38-14-4-6-16-43(38)49-44(46)26-32/h3-21,24-28H,22-23H2,1-2H3. The summed E-state index contributed by atoms with van der Waals surface area (Å²) >= 11 is 3.89. The first-order valence-electron chi connectivity index (χ1n) is 17.6. The van der Waals surface area contributed by atoms with Gasteiger partial charge in [-0.15, -0.1) is 11.3 Å². The summed E-state index contributed by atoms with van der Waals surface area (Å²) in [6, 6.07) is 40.7. The smallest absolute Gasteiger partial charge is 0.0883 e. The molecule has 2 unspecified atom stereocenters. The van der Waals surface area contributed by atoms with Crippen LogP contribution in [0.4, 0.5) is 0 Å². The van der Waals surface area contributed by atoms with Crippen LogP contribution in [0.15, 0.2) is 155 Å². The molecule has 2 aliphatic heterocycles. The molecule has 0 amide bonds. The largest absolute Gasteiger partial charge is 0.252 e. The highest BCUT2D eigenvalue weighted by Crippen LogP contribution is 2.57. The van der Waals surface area contributed by atoms with Crippen molar-refractivity contribution < 1.29 is 0 Å². The molecular weight excluding hydrogens is 645 g/mol. The van der Waals surface area contributed by atoms with Gasteiger partial charge in [-0.05, 0) is 99.5 Å². The zero-order valence-corrected chi connectivity index (χ0v) is 29.6.